The minimum absolute atomic E-state index is 0.0573. The molecule has 11 heavy (non-hydrogen) atoms. The first kappa shape index (κ1) is 8.46. The van der Waals surface area contributed by atoms with E-state index in [1.165, 1.54) is 10.8 Å². The van der Waals surface area contributed by atoms with Crippen LogP contribution in [0.15, 0.2) is 6.07 Å². The summed E-state index contributed by atoms with van der Waals surface area (Å²) >= 11 is 0. The zero-order valence-corrected chi connectivity index (χ0v) is 9.46. The monoisotopic (exact) mass is 168 g/mol. The van der Waals surface area contributed by atoms with Crippen molar-refractivity contribution in [3.8, 4) is 0 Å². The van der Waals surface area contributed by atoms with Crippen LogP contribution in [0, 0.1) is 26.6 Å². The van der Waals surface area contributed by atoms with Gasteiger partial charge in [0.05, 0.1) is 0 Å². The minimum atomic E-state index is -0.0573. The fourth-order valence-corrected chi connectivity index (χ4v) is 1.79. The Hall–Kier alpha value is -0.633. The van der Waals surface area contributed by atoms with E-state index >= 15 is 0 Å². The summed E-state index contributed by atoms with van der Waals surface area (Å²) in [4.78, 5) is 0. The number of rotatable bonds is 0. The molecule has 0 aromatic heterocycles. The molecular weight excluding hydrogens is 155 g/mol. The van der Waals surface area contributed by atoms with Crippen LogP contribution in [0.1, 0.15) is 16.7 Å². The van der Waals surface area contributed by atoms with Gasteiger partial charge in [-0.2, -0.15) is 0 Å². The molecule has 1 aromatic carbocycles. The van der Waals surface area contributed by atoms with Crippen molar-refractivity contribution >= 4 is 15.4 Å². The van der Waals surface area contributed by atoms with Gasteiger partial charge in [0.2, 0.25) is 0 Å². The smallest absolute Gasteiger partial charge is 0.126 e. The number of benzene rings is 1. The van der Waals surface area contributed by atoms with Crippen LogP contribution in [0.3, 0.4) is 0 Å². The van der Waals surface area contributed by atoms with Crippen molar-refractivity contribution in [2.75, 3.05) is 0 Å². The molecule has 0 amide bonds. The van der Waals surface area contributed by atoms with Gasteiger partial charge in [-0.15, -0.1) is 0 Å². The van der Waals surface area contributed by atoms with Gasteiger partial charge in [-0.1, -0.05) is 5.19 Å². The van der Waals surface area contributed by atoms with Gasteiger partial charge in [0.25, 0.3) is 0 Å². The highest BCUT2D eigenvalue weighted by atomic mass is 28.1. The Balaban J connectivity index is 3.46. The summed E-state index contributed by atoms with van der Waals surface area (Å²) in [6.45, 7) is 5.87. The first-order valence-corrected chi connectivity index (χ1v) is 4.77. The van der Waals surface area contributed by atoms with Crippen molar-refractivity contribution in [1.29, 1.82) is 0 Å². The molecular formula is C9H13FSi. The Morgan fingerprint density at radius 1 is 1.09 bits per heavy atom. The van der Waals surface area contributed by atoms with Crippen molar-refractivity contribution in [1.82, 2.24) is 0 Å². The summed E-state index contributed by atoms with van der Waals surface area (Å²) in [6, 6.07) is 1.66. The van der Waals surface area contributed by atoms with Crippen LogP contribution in [-0.4, -0.2) is 10.2 Å². The van der Waals surface area contributed by atoms with E-state index in [4.69, 9.17) is 0 Å². The summed E-state index contributed by atoms with van der Waals surface area (Å²) in [5.74, 6) is -0.0573. The summed E-state index contributed by atoms with van der Waals surface area (Å²) in [5, 5.41) is 1.17. The molecule has 0 fully saturated rings. The predicted octanol–water partition coefficient (Wildman–Crippen LogP) is 0.742. The first-order chi connectivity index (χ1) is 5.04. The second-order valence-electron chi connectivity index (χ2n) is 3.05. The Bertz CT molecular complexity index is 266. The molecule has 0 saturated heterocycles. The average Bonchev–Trinajstić information content (AvgIpc) is 1.97. The van der Waals surface area contributed by atoms with E-state index < -0.39 is 0 Å². The van der Waals surface area contributed by atoms with Crippen LogP contribution >= 0.6 is 0 Å². The van der Waals surface area contributed by atoms with E-state index in [0.717, 1.165) is 21.4 Å². The summed E-state index contributed by atoms with van der Waals surface area (Å²) < 4.78 is 13.0. The molecule has 0 N–H and O–H groups in total. The maximum atomic E-state index is 13.0. The molecule has 0 nitrogen and oxygen atoms in total. The fourth-order valence-electron chi connectivity index (χ4n) is 1.16. The molecule has 60 valence electrons. The van der Waals surface area contributed by atoms with E-state index in [9.17, 15) is 4.39 Å². The largest absolute Gasteiger partial charge is 0.207 e. The third kappa shape index (κ3) is 1.36. The van der Waals surface area contributed by atoms with Crippen molar-refractivity contribution in [2.45, 2.75) is 20.8 Å². The van der Waals surface area contributed by atoms with E-state index in [0.29, 0.717) is 0 Å². The molecule has 0 radical (unpaired) electrons. The van der Waals surface area contributed by atoms with Crippen LogP contribution < -0.4 is 5.19 Å². The van der Waals surface area contributed by atoms with Gasteiger partial charge >= 0.3 is 0 Å². The Morgan fingerprint density at radius 3 is 2.18 bits per heavy atom. The summed E-state index contributed by atoms with van der Waals surface area (Å²) in [7, 11) is 0.931. The Kier molecular flexibility index (Phi) is 2.14. The van der Waals surface area contributed by atoms with Crippen LogP contribution in [0.5, 0.6) is 0 Å². The normalized spacial score (nSPS) is 10.5. The molecule has 0 spiro atoms. The summed E-state index contributed by atoms with van der Waals surface area (Å²) in [5.41, 5.74) is 3.16. The highest BCUT2D eigenvalue weighted by molar-refractivity contribution is 6.33. The lowest BCUT2D eigenvalue weighted by Crippen LogP contribution is -2.11. The molecule has 0 atom stereocenters. The van der Waals surface area contributed by atoms with E-state index in [2.05, 4.69) is 6.92 Å². The molecule has 0 aliphatic rings. The van der Waals surface area contributed by atoms with Crippen LogP contribution in [-0.2, 0) is 0 Å². The Morgan fingerprint density at radius 2 is 1.64 bits per heavy atom. The minimum Gasteiger partial charge on any atom is -0.207 e. The lowest BCUT2D eigenvalue weighted by Gasteiger charge is -2.08. The molecule has 1 rings (SSSR count). The van der Waals surface area contributed by atoms with Crippen molar-refractivity contribution in [3.05, 3.63) is 28.6 Å². The maximum absolute atomic E-state index is 13.0. The number of halogens is 1. The van der Waals surface area contributed by atoms with Gasteiger partial charge in [-0.25, -0.2) is 4.39 Å². The van der Waals surface area contributed by atoms with Gasteiger partial charge in [-0.05, 0) is 43.5 Å². The lowest BCUT2D eigenvalue weighted by molar-refractivity contribution is 0.617. The molecule has 0 saturated carbocycles. The molecule has 0 aliphatic carbocycles. The predicted molar refractivity (Wildman–Crippen MR) is 50.2 cm³/mol. The fraction of sp³-hybridized carbons (Fsp3) is 0.333. The highest BCUT2D eigenvalue weighted by Gasteiger charge is 2.04. The zero-order valence-electron chi connectivity index (χ0n) is 7.46. The van der Waals surface area contributed by atoms with Crippen molar-refractivity contribution in [2.24, 2.45) is 0 Å². The van der Waals surface area contributed by atoms with Gasteiger partial charge in [0.1, 0.15) is 5.82 Å². The third-order valence-corrected chi connectivity index (χ3v) is 3.46. The molecule has 2 heteroatoms. The van der Waals surface area contributed by atoms with E-state index in [1.807, 2.05) is 13.8 Å². The lowest BCUT2D eigenvalue weighted by atomic mass is 10.0. The molecule has 1 aromatic rings. The van der Waals surface area contributed by atoms with Crippen LogP contribution in [0.2, 0.25) is 0 Å². The molecule has 0 aliphatic heterocycles. The zero-order chi connectivity index (χ0) is 8.59. The topological polar surface area (TPSA) is 0 Å². The third-order valence-electron chi connectivity index (χ3n) is 2.42. The number of hydrogen-bond acceptors (Lipinski definition) is 0. The van der Waals surface area contributed by atoms with Gasteiger partial charge in [0, 0.05) is 10.2 Å². The van der Waals surface area contributed by atoms with Crippen molar-refractivity contribution < 1.29 is 4.39 Å². The molecule has 0 unspecified atom stereocenters. The summed E-state index contributed by atoms with van der Waals surface area (Å²) in [6.07, 6.45) is 0. The second kappa shape index (κ2) is 2.78. The highest BCUT2D eigenvalue weighted by Crippen LogP contribution is 2.12. The average molecular weight is 168 g/mol. The van der Waals surface area contributed by atoms with Gasteiger partial charge < -0.3 is 0 Å². The van der Waals surface area contributed by atoms with Gasteiger partial charge in [0.15, 0.2) is 0 Å². The van der Waals surface area contributed by atoms with E-state index in [-0.39, 0.29) is 5.82 Å². The first-order valence-electron chi connectivity index (χ1n) is 3.77. The van der Waals surface area contributed by atoms with Gasteiger partial charge in [-0.3, -0.25) is 0 Å². The molecule has 0 bridgehead atoms. The Labute approximate surface area is 69.9 Å². The van der Waals surface area contributed by atoms with Crippen LogP contribution in [0.25, 0.3) is 0 Å². The second-order valence-corrected chi connectivity index (χ2v) is 4.13. The maximum Gasteiger partial charge on any atom is 0.126 e. The quantitative estimate of drug-likeness (QED) is 0.501. The SMILES string of the molecule is Cc1c(F)cc([SiH3])c(C)c1C. The van der Waals surface area contributed by atoms with Crippen molar-refractivity contribution in [3.63, 3.8) is 0 Å². The van der Waals surface area contributed by atoms with E-state index in [1.54, 1.807) is 6.07 Å². The number of hydrogen-bond donors (Lipinski definition) is 0. The van der Waals surface area contributed by atoms with Crippen LogP contribution in [0.4, 0.5) is 4.39 Å². The standard InChI is InChI=1S/C9H13FSi/c1-5-6(2)8(10)4-9(11)7(5)3/h4H,1-3,11H3. The molecule has 0 heterocycles.